The molecule has 136 valence electrons. The zero-order valence-corrected chi connectivity index (χ0v) is 15.4. The summed E-state index contributed by atoms with van der Waals surface area (Å²) in [7, 11) is 0. The van der Waals surface area contributed by atoms with E-state index in [2.05, 4.69) is 15.8 Å². The minimum absolute atomic E-state index is 0.0709. The standard InChI is InChI=1S/C20H22ClN3O2/c1-15-17(21)10-5-11-18(15)23-19(25)12-13-20(26)24-22-14-6-9-16-7-3-2-4-8-16/h2-5,7-8,10-11,14H,6,9,12-13H2,1H3,(H,23,25)(H,24,26)/b22-14+. The molecule has 0 heterocycles. The van der Waals surface area contributed by atoms with Crippen molar-refractivity contribution >= 4 is 35.3 Å². The number of hydrogen-bond acceptors (Lipinski definition) is 3. The highest BCUT2D eigenvalue weighted by Crippen LogP contribution is 2.23. The third-order valence-electron chi connectivity index (χ3n) is 3.81. The van der Waals surface area contributed by atoms with Crippen LogP contribution in [0.1, 0.15) is 30.4 Å². The number of amides is 2. The molecule has 0 saturated carbocycles. The fourth-order valence-corrected chi connectivity index (χ4v) is 2.47. The molecule has 0 aromatic heterocycles. The second-order valence-electron chi connectivity index (χ2n) is 5.83. The van der Waals surface area contributed by atoms with E-state index in [1.807, 2.05) is 37.3 Å². The number of carbonyl (C=O) groups excluding carboxylic acids is 2. The summed E-state index contributed by atoms with van der Waals surface area (Å²) >= 11 is 6.02. The quantitative estimate of drug-likeness (QED) is 0.541. The molecule has 0 saturated heterocycles. The van der Waals surface area contributed by atoms with Crippen molar-refractivity contribution in [2.45, 2.75) is 32.6 Å². The Balaban J connectivity index is 1.65. The summed E-state index contributed by atoms with van der Waals surface area (Å²) in [5.74, 6) is -0.530. The van der Waals surface area contributed by atoms with Crippen molar-refractivity contribution in [1.29, 1.82) is 0 Å². The number of halogens is 1. The first-order chi connectivity index (χ1) is 12.6. The van der Waals surface area contributed by atoms with Crippen molar-refractivity contribution < 1.29 is 9.59 Å². The van der Waals surface area contributed by atoms with E-state index in [0.717, 1.165) is 18.4 Å². The molecule has 2 aromatic carbocycles. The molecule has 0 radical (unpaired) electrons. The summed E-state index contributed by atoms with van der Waals surface area (Å²) in [5, 5.41) is 7.25. The molecule has 0 aliphatic carbocycles. The van der Waals surface area contributed by atoms with Crippen LogP contribution in [-0.4, -0.2) is 18.0 Å². The Kier molecular flexibility index (Phi) is 7.83. The summed E-state index contributed by atoms with van der Waals surface area (Å²) in [5.41, 5.74) is 5.11. The van der Waals surface area contributed by atoms with E-state index in [-0.39, 0.29) is 24.7 Å². The summed E-state index contributed by atoms with van der Waals surface area (Å²) in [6.07, 6.45) is 3.42. The summed E-state index contributed by atoms with van der Waals surface area (Å²) in [4.78, 5) is 23.7. The molecule has 5 nitrogen and oxygen atoms in total. The van der Waals surface area contributed by atoms with Crippen molar-refractivity contribution in [3.05, 3.63) is 64.7 Å². The minimum atomic E-state index is -0.293. The topological polar surface area (TPSA) is 70.6 Å². The van der Waals surface area contributed by atoms with Gasteiger partial charge in [0.25, 0.3) is 0 Å². The third-order valence-corrected chi connectivity index (χ3v) is 4.22. The number of benzene rings is 2. The number of nitrogens with zero attached hydrogens (tertiary/aromatic N) is 1. The fourth-order valence-electron chi connectivity index (χ4n) is 2.30. The maximum absolute atomic E-state index is 11.9. The number of nitrogens with one attached hydrogen (secondary N) is 2. The number of hydrazone groups is 1. The van der Waals surface area contributed by atoms with Crippen LogP contribution in [0.3, 0.4) is 0 Å². The van der Waals surface area contributed by atoms with E-state index in [1.165, 1.54) is 5.56 Å². The molecule has 0 spiro atoms. The van der Waals surface area contributed by atoms with Crippen LogP contribution in [0.25, 0.3) is 0 Å². The van der Waals surface area contributed by atoms with Gasteiger partial charge >= 0.3 is 0 Å². The van der Waals surface area contributed by atoms with E-state index < -0.39 is 0 Å². The second kappa shape index (κ2) is 10.4. The Morgan fingerprint density at radius 1 is 1.04 bits per heavy atom. The zero-order valence-electron chi connectivity index (χ0n) is 14.7. The molecule has 0 aliphatic heterocycles. The highest BCUT2D eigenvalue weighted by atomic mass is 35.5. The number of rotatable bonds is 8. The lowest BCUT2D eigenvalue weighted by Gasteiger charge is -2.09. The molecular formula is C20H22ClN3O2. The molecule has 2 amide bonds. The molecule has 2 N–H and O–H groups in total. The van der Waals surface area contributed by atoms with Crippen LogP contribution in [-0.2, 0) is 16.0 Å². The van der Waals surface area contributed by atoms with Crippen molar-refractivity contribution in [3.8, 4) is 0 Å². The summed E-state index contributed by atoms with van der Waals surface area (Å²) in [6.45, 7) is 1.83. The number of carbonyl (C=O) groups is 2. The van der Waals surface area contributed by atoms with Crippen molar-refractivity contribution in [2.75, 3.05) is 5.32 Å². The van der Waals surface area contributed by atoms with Crippen LogP contribution >= 0.6 is 11.6 Å². The van der Waals surface area contributed by atoms with E-state index in [0.29, 0.717) is 10.7 Å². The van der Waals surface area contributed by atoms with Gasteiger partial charge in [-0.15, -0.1) is 0 Å². The van der Waals surface area contributed by atoms with Crippen LogP contribution in [0.2, 0.25) is 5.02 Å². The van der Waals surface area contributed by atoms with E-state index in [1.54, 1.807) is 24.4 Å². The Bertz CT molecular complexity index is 776. The van der Waals surface area contributed by atoms with E-state index >= 15 is 0 Å². The van der Waals surface area contributed by atoms with Crippen LogP contribution in [0.4, 0.5) is 5.69 Å². The second-order valence-corrected chi connectivity index (χ2v) is 6.24. The first kappa shape index (κ1) is 19.7. The molecule has 0 aliphatic rings. The predicted molar refractivity (Wildman–Crippen MR) is 105 cm³/mol. The van der Waals surface area contributed by atoms with Crippen molar-refractivity contribution in [1.82, 2.24) is 5.43 Å². The number of anilines is 1. The Hall–Kier alpha value is -2.66. The lowest BCUT2D eigenvalue weighted by atomic mass is 10.1. The lowest BCUT2D eigenvalue weighted by molar-refractivity contribution is -0.124. The maximum Gasteiger partial charge on any atom is 0.240 e. The monoisotopic (exact) mass is 371 g/mol. The average molecular weight is 372 g/mol. The third kappa shape index (κ3) is 6.69. The van der Waals surface area contributed by atoms with Gasteiger partial charge in [-0.1, -0.05) is 48.0 Å². The van der Waals surface area contributed by atoms with Crippen molar-refractivity contribution in [2.24, 2.45) is 5.10 Å². The number of hydrogen-bond donors (Lipinski definition) is 2. The minimum Gasteiger partial charge on any atom is -0.326 e. The molecule has 6 heteroatoms. The van der Waals surface area contributed by atoms with Crippen molar-refractivity contribution in [3.63, 3.8) is 0 Å². The molecule has 0 atom stereocenters. The molecule has 0 fully saturated rings. The molecular weight excluding hydrogens is 350 g/mol. The molecule has 2 aromatic rings. The normalized spacial score (nSPS) is 10.7. The average Bonchev–Trinajstić information content (AvgIpc) is 2.64. The number of aryl methyl sites for hydroxylation is 1. The van der Waals surface area contributed by atoms with Crippen LogP contribution in [0, 0.1) is 6.92 Å². The smallest absolute Gasteiger partial charge is 0.240 e. The zero-order chi connectivity index (χ0) is 18.8. The molecule has 0 unspecified atom stereocenters. The maximum atomic E-state index is 11.9. The highest BCUT2D eigenvalue weighted by molar-refractivity contribution is 6.31. The SMILES string of the molecule is Cc1c(Cl)cccc1NC(=O)CCC(=O)N/N=C/CCc1ccccc1. The van der Waals surface area contributed by atoms with Gasteiger partial charge in [-0.05, 0) is 43.0 Å². The lowest BCUT2D eigenvalue weighted by Crippen LogP contribution is -2.20. The first-order valence-electron chi connectivity index (χ1n) is 8.45. The van der Waals surface area contributed by atoms with Crippen LogP contribution < -0.4 is 10.7 Å². The fraction of sp³-hybridized carbons (Fsp3) is 0.250. The van der Waals surface area contributed by atoms with Gasteiger partial charge in [-0.25, -0.2) is 5.43 Å². The van der Waals surface area contributed by atoms with Gasteiger partial charge in [0.15, 0.2) is 0 Å². The van der Waals surface area contributed by atoms with Gasteiger partial charge in [0.2, 0.25) is 11.8 Å². The molecule has 26 heavy (non-hydrogen) atoms. The first-order valence-corrected chi connectivity index (χ1v) is 8.83. The predicted octanol–water partition coefficient (Wildman–Crippen LogP) is 4.10. The van der Waals surface area contributed by atoms with Gasteiger partial charge in [0.05, 0.1) is 0 Å². The van der Waals surface area contributed by atoms with Gasteiger partial charge in [-0.3, -0.25) is 9.59 Å². The largest absolute Gasteiger partial charge is 0.326 e. The summed E-state index contributed by atoms with van der Waals surface area (Å²) < 4.78 is 0. The van der Waals surface area contributed by atoms with Gasteiger partial charge in [0.1, 0.15) is 0 Å². The Morgan fingerprint density at radius 2 is 1.77 bits per heavy atom. The highest BCUT2D eigenvalue weighted by Gasteiger charge is 2.09. The molecule has 2 rings (SSSR count). The Labute approximate surface area is 158 Å². The van der Waals surface area contributed by atoms with Gasteiger partial charge < -0.3 is 5.32 Å². The van der Waals surface area contributed by atoms with Gasteiger partial charge in [-0.2, -0.15) is 5.10 Å². The Morgan fingerprint density at radius 3 is 2.54 bits per heavy atom. The molecule has 0 bridgehead atoms. The van der Waals surface area contributed by atoms with E-state index in [4.69, 9.17) is 11.6 Å². The van der Waals surface area contributed by atoms with Crippen LogP contribution in [0.15, 0.2) is 53.6 Å². The van der Waals surface area contributed by atoms with Crippen LogP contribution in [0.5, 0.6) is 0 Å². The van der Waals surface area contributed by atoms with Gasteiger partial charge in [0, 0.05) is 29.8 Å². The summed E-state index contributed by atoms with van der Waals surface area (Å²) in [6, 6.07) is 15.4. The van der Waals surface area contributed by atoms with E-state index in [9.17, 15) is 9.59 Å².